The fraction of sp³-hybridized carbons (Fsp3) is 0.500. The molecular weight excluding hydrogens is 977 g/mol. The van der Waals surface area contributed by atoms with E-state index in [2.05, 4.69) is 20.4 Å². The topological polar surface area (TPSA) is 221 Å². The molecule has 376 valence electrons. The number of imide groups is 2. The highest BCUT2D eigenvalue weighted by Gasteiger charge is 2.58. The van der Waals surface area contributed by atoms with Crippen LogP contribution in [0.2, 0.25) is 0 Å². The third-order valence-electron chi connectivity index (χ3n) is 14.8. The molecule has 0 radical (unpaired) electrons. The number of rotatable bonds is 12. The van der Waals surface area contributed by atoms with E-state index in [4.69, 9.17) is 0 Å². The van der Waals surface area contributed by atoms with Crippen LogP contribution in [-0.4, -0.2) is 145 Å². The number of nitrogens with zero attached hydrogens (tertiary/aromatic N) is 6. The van der Waals surface area contributed by atoms with Gasteiger partial charge in [0.05, 0.1) is 23.3 Å². The van der Waals surface area contributed by atoms with Gasteiger partial charge in [0.2, 0.25) is 0 Å². The smallest absolute Gasteiger partial charge is 0.325 e. The molecule has 6 heterocycles. The van der Waals surface area contributed by atoms with Gasteiger partial charge in [-0.2, -0.15) is 8.61 Å². The zero-order valence-electron chi connectivity index (χ0n) is 39.6. The van der Waals surface area contributed by atoms with E-state index in [1.165, 1.54) is 31.3 Å². The Morgan fingerprint density at radius 3 is 1.21 bits per heavy atom. The Labute approximate surface area is 416 Å². The third-order valence-corrected chi connectivity index (χ3v) is 21.3. The average Bonchev–Trinajstić information content (AvgIpc) is 4.11. The number of piperazine rings is 2. The first-order valence-corrected chi connectivity index (χ1v) is 28.2. The molecule has 4 N–H and O–H groups in total. The van der Waals surface area contributed by atoms with E-state index in [1.807, 2.05) is 48.5 Å². The molecule has 6 amide bonds. The summed E-state index contributed by atoms with van der Waals surface area (Å²) >= 11 is 2.37. The predicted molar refractivity (Wildman–Crippen MR) is 265 cm³/mol. The van der Waals surface area contributed by atoms with Crippen LogP contribution in [0.25, 0.3) is 0 Å². The van der Waals surface area contributed by atoms with E-state index in [0.717, 1.165) is 35.3 Å². The summed E-state index contributed by atoms with van der Waals surface area (Å²) in [6, 6.07) is 20.2. The quantitative estimate of drug-likeness (QED) is 0.143. The second kappa shape index (κ2) is 18.6. The molecule has 2 aromatic carbocycles. The Hall–Kier alpha value is -4.94. The average molecular weight is 1040 g/mol. The molecule has 4 aromatic rings. The van der Waals surface area contributed by atoms with E-state index < -0.39 is 54.4 Å². The van der Waals surface area contributed by atoms with Gasteiger partial charge < -0.3 is 29.8 Å². The van der Waals surface area contributed by atoms with Crippen molar-refractivity contribution < 1.29 is 46.2 Å². The number of nitrogens with one attached hydrogen (secondary N) is 2. The minimum atomic E-state index is -3.66. The molecular formula is C48H60N8O10S4. The number of aliphatic hydroxyl groups is 2. The van der Waals surface area contributed by atoms with Crippen LogP contribution >= 0.6 is 22.7 Å². The molecule has 6 aliphatic rings. The van der Waals surface area contributed by atoms with Gasteiger partial charge in [0.1, 0.15) is 19.5 Å². The number of sulfonamides is 2. The standard InChI is InChI=1S/2C24H30N4O5S2/c2*1-23(2,31)17-6-8-18(9-7-17)27-13-12-26(35(32,33)20-5-3-14-34-20)15-19(27)16-28-22(30)25-21(29)24(28)10-4-11-24/h2*3,5-9,14,19,31H,4,10-13,15-16H2,1-2H3,(H,25,29,30)/t2*19-/m11/s1. The second-order valence-corrected chi connectivity index (χ2v) is 26.2. The van der Waals surface area contributed by atoms with Crippen molar-refractivity contribution in [3.63, 3.8) is 0 Å². The van der Waals surface area contributed by atoms with E-state index in [0.29, 0.717) is 60.3 Å². The van der Waals surface area contributed by atoms with Crippen LogP contribution < -0.4 is 20.4 Å². The summed E-state index contributed by atoms with van der Waals surface area (Å²) in [7, 11) is -7.31. The SMILES string of the molecule is CC(C)(O)c1ccc(N2CCN(S(=O)(=O)c3cccs3)C[C@@H]2CN2C(=O)NC(=O)C23CCC3)cc1.CC(C)(O)c1ccc(N2CCN(S(=O)(=O)c3cccs3)C[C@@H]2CN2C(=O)NC(=O)C23CCC3)cc1. The molecule has 6 fully saturated rings. The van der Waals surface area contributed by atoms with E-state index in [9.17, 15) is 46.2 Å². The van der Waals surface area contributed by atoms with Crippen molar-refractivity contribution in [1.82, 2.24) is 29.0 Å². The van der Waals surface area contributed by atoms with Crippen LogP contribution in [0.3, 0.4) is 0 Å². The summed E-state index contributed by atoms with van der Waals surface area (Å²) in [4.78, 5) is 58.1. The summed E-state index contributed by atoms with van der Waals surface area (Å²) in [5.74, 6) is -0.512. The fourth-order valence-electron chi connectivity index (χ4n) is 10.4. The maximum absolute atomic E-state index is 13.3. The largest absolute Gasteiger partial charge is 0.386 e. The van der Waals surface area contributed by atoms with Crippen molar-refractivity contribution in [1.29, 1.82) is 0 Å². The first kappa shape index (κ1) is 50.0. The van der Waals surface area contributed by atoms with Crippen molar-refractivity contribution >= 4 is 78.0 Å². The number of benzene rings is 2. The van der Waals surface area contributed by atoms with Crippen LogP contribution in [0.15, 0.2) is 92.0 Å². The third kappa shape index (κ3) is 9.13. The number of urea groups is 2. The predicted octanol–water partition coefficient (Wildman–Crippen LogP) is 4.66. The van der Waals surface area contributed by atoms with Gasteiger partial charge in [-0.15, -0.1) is 22.7 Å². The van der Waals surface area contributed by atoms with Crippen molar-refractivity contribution in [2.45, 2.75) is 109 Å². The van der Waals surface area contributed by atoms with Crippen LogP contribution in [0.4, 0.5) is 21.0 Å². The van der Waals surface area contributed by atoms with Gasteiger partial charge in [-0.25, -0.2) is 26.4 Å². The van der Waals surface area contributed by atoms with Crippen molar-refractivity contribution in [2.24, 2.45) is 0 Å². The normalized spacial score (nSPS) is 23.0. The molecule has 0 unspecified atom stereocenters. The Morgan fingerprint density at radius 2 is 0.929 bits per heavy atom. The molecule has 2 aromatic heterocycles. The zero-order valence-corrected chi connectivity index (χ0v) is 42.9. The molecule has 22 heteroatoms. The van der Waals surface area contributed by atoms with E-state index >= 15 is 0 Å². The van der Waals surface area contributed by atoms with Gasteiger partial charge in [-0.1, -0.05) is 36.4 Å². The minimum Gasteiger partial charge on any atom is -0.386 e. The molecule has 18 nitrogen and oxygen atoms in total. The number of amides is 6. The first-order chi connectivity index (χ1) is 33.0. The molecule has 70 heavy (non-hydrogen) atoms. The Morgan fingerprint density at radius 1 is 0.571 bits per heavy atom. The molecule has 2 spiro atoms. The number of hydrogen-bond acceptors (Lipinski definition) is 14. The lowest BCUT2D eigenvalue weighted by Crippen LogP contribution is -2.62. The summed E-state index contributed by atoms with van der Waals surface area (Å²) in [5.41, 5.74) is -0.282. The van der Waals surface area contributed by atoms with Crippen molar-refractivity contribution in [3.8, 4) is 0 Å². The van der Waals surface area contributed by atoms with Crippen LogP contribution in [0.5, 0.6) is 0 Å². The monoisotopic (exact) mass is 1040 g/mol. The molecule has 2 saturated carbocycles. The van der Waals surface area contributed by atoms with Crippen LogP contribution in [0.1, 0.15) is 77.3 Å². The van der Waals surface area contributed by atoms with Crippen molar-refractivity contribution in [3.05, 3.63) is 94.7 Å². The molecule has 2 aliphatic carbocycles. The summed E-state index contributed by atoms with van der Waals surface area (Å²) in [6.45, 7) is 9.24. The highest BCUT2D eigenvalue weighted by atomic mass is 32.3. The Balaban J connectivity index is 0.000000174. The number of carbonyl (C=O) groups is 4. The minimum absolute atomic E-state index is 0.196. The molecule has 0 bridgehead atoms. The molecule has 10 rings (SSSR count). The fourth-order valence-corrected chi connectivity index (χ4v) is 15.7. The Kier molecular flexibility index (Phi) is 13.3. The van der Waals surface area contributed by atoms with Gasteiger partial charge in [0, 0.05) is 63.7 Å². The molecule has 4 saturated heterocycles. The molecule has 2 atom stereocenters. The van der Waals surface area contributed by atoms with Gasteiger partial charge in [0.15, 0.2) is 0 Å². The summed E-state index contributed by atoms with van der Waals surface area (Å²) in [5, 5.41) is 29.1. The van der Waals surface area contributed by atoms with E-state index in [-0.39, 0.29) is 50.1 Å². The van der Waals surface area contributed by atoms with Crippen LogP contribution in [0, 0.1) is 0 Å². The first-order valence-electron chi connectivity index (χ1n) is 23.6. The highest BCUT2D eigenvalue weighted by Crippen LogP contribution is 2.43. The maximum Gasteiger partial charge on any atom is 0.325 e. The summed E-state index contributed by atoms with van der Waals surface area (Å²) < 4.78 is 56.7. The lowest BCUT2D eigenvalue weighted by Gasteiger charge is -2.48. The second-order valence-electron chi connectivity index (χ2n) is 20.0. The van der Waals surface area contributed by atoms with Gasteiger partial charge >= 0.3 is 12.1 Å². The number of carbonyl (C=O) groups excluding carboxylic acids is 4. The lowest BCUT2D eigenvalue weighted by molar-refractivity contribution is -0.131. The summed E-state index contributed by atoms with van der Waals surface area (Å²) in [6.07, 6.45) is 4.23. The Bertz CT molecular complexity index is 2630. The maximum atomic E-state index is 13.3. The van der Waals surface area contributed by atoms with Gasteiger partial charge in [-0.05, 0) is 125 Å². The highest BCUT2D eigenvalue weighted by molar-refractivity contribution is 7.91. The lowest BCUT2D eigenvalue weighted by atomic mass is 9.75. The van der Waals surface area contributed by atoms with Crippen molar-refractivity contribution in [2.75, 3.05) is 62.2 Å². The zero-order chi connectivity index (χ0) is 50.0. The van der Waals surface area contributed by atoms with Gasteiger partial charge in [0.25, 0.3) is 31.9 Å². The van der Waals surface area contributed by atoms with Crippen LogP contribution in [-0.2, 0) is 40.8 Å². The number of hydrogen-bond donors (Lipinski definition) is 4. The number of thiophene rings is 2. The number of anilines is 2. The van der Waals surface area contributed by atoms with Gasteiger partial charge in [-0.3, -0.25) is 20.2 Å². The molecule has 4 aliphatic heterocycles. The van der Waals surface area contributed by atoms with E-state index in [1.54, 1.807) is 72.5 Å².